The largest absolute Gasteiger partial charge is 0.330 e. The predicted molar refractivity (Wildman–Crippen MR) is 82.2 cm³/mol. The highest BCUT2D eigenvalue weighted by Crippen LogP contribution is 2.19. The van der Waals surface area contributed by atoms with Gasteiger partial charge in [-0.15, -0.1) is 11.8 Å². The summed E-state index contributed by atoms with van der Waals surface area (Å²) in [5.74, 6) is 1.13. The summed E-state index contributed by atoms with van der Waals surface area (Å²) in [6.07, 6.45) is 0. The molecule has 102 valence electrons. The van der Waals surface area contributed by atoms with Gasteiger partial charge in [-0.1, -0.05) is 31.5 Å². The SMILES string of the molecule is Cc1ccc(SCCN(C)CC(C)(C)CN)cc1. The molecule has 0 heterocycles. The van der Waals surface area contributed by atoms with Gasteiger partial charge in [-0.25, -0.2) is 0 Å². The minimum Gasteiger partial charge on any atom is -0.330 e. The Morgan fingerprint density at radius 1 is 1.22 bits per heavy atom. The lowest BCUT2D eigenvalue weighted by Gasteiger charge is -2.28. The molecule has 0 radical (unpaired) electrons. The number of rotatable bonds is 7. The summed E-state index contributed by atoms with van der Waals surface area (Å²) in [7, 11) is 2.17. The van der Waals surface area contributed by atoms with E-state index in [2.05, 4.69) is 57.0 Å². The van der Waals surface area contributed by atoms with E-state index in [1.54, 1.807) is 0 Å². The van der Waals surface area contributed by atoms with Gasteiger partial charge in [0, 0.05) is 23.7 Å². The van der Waals surface area contributed by atoms with Crippen LogP contribution in [0.25, 0.3) is 0 Å². The van der Waals surface area contributed by atoms with Crippen LogP contribution in [0.4, 0.5) is 0 Å². The second-order valence-corrected chi connectivity index (χ2v) is 6.94. The quantitative estimate of drug-likeness (QED) is 0.769. The molecular formula is C15H26N2S. The van der Waals surface area contributed by atoms with E-state index in [0.29, 0.717) is 0 Å². The first-order valence-corrected chi connectivity index (χ1v) is 7.49. The van der Waals surface area contributed by atoms with Crippen molar-refractivity contribution in [3.63, 3.8) is 0 Å². The van der Waals surface area contributed by atoms with E-state index in [4.69, 9.17) is 5.73 Å². The van der Waals surface area contributed by atoms with E-state index >= 15 is 0 Å². The highest BCUT2D eigenvalue weighted by atomic mass is 32.2. The molecule has 1 aromatic rings. The van der Waals surface area contributed by atoms with Gasteiger partial charge < -0.3 is 10.6 Å². The van der Waals surface area contributed by atoms with Crippen molar-refractivity contribution < 1.29 is 0 Å². The molecular weight excluding hydrogens is 240 g/mol. The van der Waals surface area contributed by atoms with E-state index in [9.17, 15) is 0 Å². The number of nitrogens with two attached hydrogens (primary N) is 1. The molecule has 0 atom stereocenters. The molecule has 0 unspecified atom stereocenters. The number of benzene rings is 1. The van der Waals surface area contributed by atoms with Crippen molar-refractivity contribution in [2.75, 3.05) is 32.4 Å². The van der Waals surface area contributed by atoms with Gasteiger partial charge in [0.2, 0.25) is 0 Å². The average Bonchev–Trinajstić information content (AvgIpc) is 2.31. The number of nitrogens with zero attached hydrogens (tertiary/aromatic N) is 1. The third-order valence-electron chi connectivity index (χ3n) is 3.01. The molecule has 0 aliphatic carbocycles. The van der Waals surface area contributed by atoms with Gasteiger partial charge in [0.1, 0.15) is 0 Å². The third kappa shape index (κ3) is 5.89. The van der Waals surface area contributed by atoms with Crippen LogP contribution in [-0.2, 0) is 0 Å². The summed E-state index contributed by atoms with van der Waals surface area (Å²) in [6.45, 7) is 9.45. The van der Waals surface area contributed by atoms with Crippen LogP contribution in [0.3, 0.4) is 0 Å². The Hall–Kier alpha value is -0.510. The first kappa shape index (κ1) is 15.5. The maximum absolute atomic E-state index is 5.76. The Balaban J connectivity index is 2.27. The number of aryl methyl sites for hydroxylation is 1. The second kappa shape index (κ2) is 7.17. The van der Waals surface area contributed by atoms with E-state index < -0.39 is 0 Å². The Bertz CT molecular complexity index is 346. The van der Waals surface area contributed by atoms with Crippen molar-refractivity contribution in [2.45, 2.75) is 25.7 Å². The molecule has 0 amide bonds. The maximum atomic E-state index is 5.76. The molecule has 1 aromatic carbocycles. The highest BCUT2D eigenvalue weighted by Gasteiger charge is 2.17. The van der Waals surface area contributed by atoms with Gasteiger partial charge in [0.25, 0.3) is 0 Å². The zero-order chi connectivity index (χ0) is 13.6. The summed E-state index contributed by atoms with van der Waals surface area (Å²) >= 11 is 1.92. The normalized spacial score (nSPS) is 12.1. The third-order valence-corrected chi connectivity index (χ3v) is 4.01. The highest BCUT2D eigenvalue weighted by molar-refractivity contribution is 7.99. The van der Waals surface area contributed by atoms with Crippen LogP contribution < -0.4 is 5.73 Å². The molecule has 0 saturated carbocycles. The molecule has 0 bridgehead atoms. The molecule has 0 spiro atoms. The zero-order valence-corrected chi connectivity index (χ0v) is 12.9. The second-order valence-electron chi connectivity index (χ2n) is 5.77. The number of hydrogen-bond donors (Lipinski definition) is 1. The van der Waals surface area contributed by atoms with Crippen LogP contribution in [0, 0.1) is 12.3 Å². The smallest absolute Gasteiger partial charge is 0.0108 e. The van der Waals surface area contributed by atoms with Gasteiger partial charge in [-0.2, -0.15) is 0 Å². The molecule has 18 heavy (non-hydrogen) atoms. The molecule has 0 fully saturated rings. The first-order chi connectivity index (χ1) is 8.43. The zero-order valence-electron chi connectivity index (χ0n) is 12.1. The summed E-state index contributed by atoms with van der Waals surface area (Å²) in [4.78, 5) is 3.72. The van der Waals surface area contributed by atoms with Gasteiger partial charge in [-0.3, -0.25) is 0 Å². The summed E-state index contributed by atoms with van der Waals surface area (Å²) < 4.78 is 0. The van der Waals surface area contributed by atoms with Crippen molar-refractivity contribution >= 4 is 11.8 Å². The van der Waals surface area contributed by atoms with Crippen LogP contribution in [0.15, 0.2) is 29.2 Å². The number of hydrogen-bond acceptors (Lipinski definition) is 3. The number of thioether (sulfide) groups is 1. The average molecular weight is 266 g/mol. The lowest BCUT2D eigenvalue weighted by molar-refractivity contribution is 0.225. The molecule has 2 nitrogen and oxygen atoms in total. The lowest BCUT2D eigenvalue weighted by atomic mass is 9.93. The Morgan fingerprint density at radius 2 is 1.83 bits per heavy atom. The fourth-order valence-corrected chi connectivity index (χ4v) is 2.80. The van der Waals surface area contributed by atoms with Crippen molar-refractivity contribution in [3.8, 4) is 0 Å². The standard InChI is InChI=1S/C15H26N2S/c1-13-5-7-14(8-6-13)18-10-9-17(4)12-15(2,3)11-16/h5-8H,9-12,16H2,1-4H3. The summed E-state index contributed by atoms with van der Waals surface area (Å²) in [5.41, 5.74) is 7.29. The summed E-state index contributed by atoms with van der Waals surface area (Å²) in [5, 5.41) is 0. The molecule has 3 heteroatoms. The molecule has 0 aliphatic rings. The van der Waals surface area contributed by atoms with E-state index in [1.165, 1.54) is 10.5 Å². The fourth-order valence-electron chi connectivity index (χ4n) is 1.83. The Labute approximate surface area is 116 Å². The monoisotopic (exact) mass is 266 g/mol. The molecule has 1 rings (SSSR count). The molecule has 0 saturated heterocycles. The van der Waals surface area contributed by atoms with Gasteiger partial charge >= 0.3 is 0 Å². The van der Waals surface area contributed by atoms with Gasteiger partial charge in [-0.05, 0) is 38.1 Å². The van der Waals surface area contributed by atoms with Crippen LogP contribution in [0.2, 0.25) is 0 Å². The Kier molecular flexibility index (Phi) is 6.19. The van der Waals surface area contributed by atoms with E-state index in [-0.39, 0.29) is 5.41 Å². The first-order valence-electron chi connectivity index (χ1n) is 6.51. The predicted octanol–water partition coefficient (Wildman–Crippen LogP) is 3.00. The Morgan fingerprint density at radius 3 is 2.39 bits per heavy atom. The minimum atomic E-state index is 0.212. The summed E-state index contributed by atoms with van der Waals surface area (Å²) in [6, 6.07) is 8.74. The van der Waals surface area contributed by atoms with E-state index in [1.807, 2.05) is 11.8 Å². The molecule has 0 aliphatic heterocycles. The molecule has 0 aromatic heterocycles. The van der Waals surface area contributed by atoms with Crippen LogP contribution in [-0.4, -0.2) is 37.3 Å². The minimum absolute atomic E-state index is 0.212. The topological polar surface area (TPSA) is 29.3 Å². The van der Waals surface area contributed by atoms with Crippen molar-refractivity contribution in [1.82, 2.24) is 4.90 Å². The van der Waals surface area contributed by atoms with E-state index in [0.717, 1.165) is 25.4 Å². The van der Waals surface area contributed by atoms with Crippen LogP contribution in [0.1, 0.15) is 19.4 Å². The maximum Gasteiger partial charge on any atom is 0.0108 e. The van der Waals surface area contributed by atoms with Gasteiger partial charge in [0.15, 0.2) is 0 Å². The lowest BCUT2D eigenvalue weighted by Crippen LogP contribution is -2.37. The molecule has 2 N–H and O–H groups in total. The van der Waals surface area contributed by atoms with Crippen molar-refractivity contribution in [2.24, 2.45) is 11.1 Å². The van der Waals surface area contributed by atoms with Crippen molar-refractivity contribution in [3.05, 3.63) is 29.8 Å². The fraction of sp³-hybridized carbons (Fsp3) is 0.600. The van der Waals surface area contributed by atoms with Crippen molar-refractivity contribution in [1.29, 1.82) is 0 Å². The van der Waals surface area contributed by atoms with Crippen LogP contribution in [0.5, 0.6) is 0 Å². The van der Waals surface area contributed by atoms with Crippen LogP contribution >= 0.6 is 11.8 Å². The van der Waals surface area contributed by atoms with Gasteiger partial charge in [0.05, 0.1) is 0 Å².